The second kappa shape index (κ2) is 3.62. The van der Waals surface area contributed by atoms with E-state index in [4.69, 9.17) is 11.6 Å². The molecule has 1 aliphatic carbocycles. The Hall–Kier alpha value is -0.280. The van der Waals surface area contributed by atoms with Crippen LogP contribution >= 0.6 is 11.6 Å². The van der Waals surface area contributed by atoms with Gasteiger partial charge in [-0.2, -0.15) is 0 Å². The van der Waals surface area contributed by atoms with Gasteiger partial charge in [0.05, 0.1) is 12.5 Å². The van der Waals surface area contributed by atoms with Crippen molar-refractivity contribution >= 4 is 17.6 Å². The van der Waals surface area contributed by atoms with Gasteiger partial charge in [0.2, 0.25) is 0 Å². The number of methoxy groups -OCH3 is 1. The lowest BCUT2D eigenvalue weighted by Crippen LogP contribution is -2.49. The van der Waals surface area contributed by atoms with Crippen LogP contribution < -0.4 is 0 Å². The molecule has 0 radical (unpaired) electrons. The summed E-state index contributed by atoms with van der Waals surface area (Å²) < 4.78 is 4.49. The number of esters is 1. The van der Waals surface area contributed by atoms with Crippen LogP contribution in [0, 0.1) is 0 Å². The smallest absolute Gasteiger partial charge is 0.339 e. The molecule has 0 amide bonds. The maximum absolute atomic E-state index is 11.1. The first-order valence-electron chi connectivity index (χ1n) is 4.06. The number of hydrogen-bond donors (Lipinski definition) is 1. The summed E-state index contributed by atoms with van der Waals surface area (Å²) in [4.78, 5) is 11.1. The minimum absolute atomic E-state index is 0.411. The first kappa shape index (κ1) is 9.81. The Kier molecular flexibility index (Phi) is 2.96. The first-order chi connectivity index (χ1) is 5.61. The quantitative estimate of drug-likeness (QED) is 0.500. The summed E-state index contributed by atoms with van der Waals surface area (Å²) in [6, 6.07) is 0. The van der Waals surface area contributed by atoms with Crippen LogP contribution in [-0.2, 0) is 9.53 Å². The molecule has 0 spiro atoms. The van der Waals surface area contributed by atoms with E-state index in [0.29, 0.717) is 12.8 Å². The van der Waals surface area contributed by atoms with Gasteiger partial charge >= 0.3 is 5.97 Å². The molecule has 0 aromatic heterocycles. The van der Waals surface area contributed by atoms with Crippen molar-refractivity contribution in [2.24, 2.45) is 0 Å². The molecular formula is C8H13ClO3. The Labute approximate surface area is 76.7 Å². The number of alkyl halides is 1. The van der Waals surface area contributed by atoms with E-state index in [-0.39, 0.29) is 0 Å². The first-order valence-corrected chi connectivity index (χ1v) is 4.50. The zero-order valence-electron chi connectivity index (χ0n) is 7.05. The third-order valence-corrected chi connectivity index (χ3v) is 2.90. The predicted molar refractivity (Wildman–Crippen MR) is 45.1 cm³/mol. The normalized spacial score (nSPS) is 36.1. The van der Waals surface area contributed by atoms with Crippen LogP contribution in [0.1, 0.15) is 25.7 Å². The molecule has 0 bridgehead atoms. The van der Waals surface area contributed by atoms with E-state index in [0.717, 1.165) is 12.8 Å². The van der Waals surface area contributed by atoms with Gasteiger partial charge in [0, 0.05) is 0 Å². The van der Waals surface area contributed by atoms with Gasteiger partial charge in [-0.3, -0.25) is 0 Å². The van der Waals surface area contributed by atoms with Crippen LogP contribution in [-0.4, -0.2) is 29.2 Å². The van der Waals surface area contributed by atoms with Crippen LogP contribution in [0.5, 0.6) is 0 Å². The lowest BCUT2D eigenvalue weighted by Gasteiger charge is -2.33. The number of halogens is 1. The van der Waals surface area contributed by atoms with E-state index in [1.807, 2.05) is 0 Å². The Morgan fingerprint density at radius 1 is 1.67 bits per heavy atom. The van der Waals surface area contributed by atoms with Gasteiger partial charge in [0.15, 0.2) is 5.60 Å². The zero-order valence-corrected chi connectivity index (χ0v) is 7.80. The molecule has 0 aliphatic heterocycles. The SMILES string of the molecule is COC(=O)[C@]1(O)CCCC[C@@H]1Cl. The number of aliphatic hydroxyl groups is 1. The summed E-state index contributed by atoms with van der Waals surface area (Å²) in [6.07, 6.45) is 2.88. The molecule has 3 nitrogen and oxygen atoms in total. The zero-order chi connectivity index (χ0) is 9.19. The van der Waals surface area contributed by atoms with Crippen molar-refractivity contribution in [1.29, 1.82) is 0 Å². The largest absolute Gasteiger partial charge is 0.467 e. The van der Waals surface area contributed by atoms with E-state index >= 15 is 0 Å². The number of rotatable bonds is 1. The van der Waals surface area contributed by atoms with E-state index in [1.54, 1.807) is 0 Å². The Bertz CT molecular complexity index is 183. The Morgan fingerprint density at radius 2 is 2.33 bits per heavy atom. The Balaban J connectivity index is 2.72. The molecule has 1 rings (SSSR count). The fourth-order valence-corrected chi connectivity index (χ4v) is 1.87. The highest BCUT2D eigenvalue weighted by Crippen LogP contribution is 2.33. The molecule has 0 aromatic carbocycles. The molecule has 0 unspecified atom stereocenters. The van der Waals surface area contributed by atoms with Crippen LogP contribution in [0.3, 0.4) is 0 Å². The molecule has 1 saturated carbocycles. The number of hydrogen-bond acceptors (Lipinski definition) is 3. The van der Waals surface area contributed by atoms with Crippen molar-refractivity contribution in [3.8, 4) is 0 Å². The molecule has 1 N–H and O–H groups in total. The van der Waals surface area contributed by atoms with Crippen LogP contribution in [0.4, 0.5) is 0 Å². The van der Waals surface area contributed by atoms with Gasteiger partial charge in [-0.1, -0.05) is 6.42 Å². The van der Waals surface area contributed by atoms with Gasteiger partial charge in [0.1, 0.15) is 0 Å². The molecule has 70 valence electrons. The molecule has 12 heavy (non-hydrogen) atoms. The molecule has 1 aliphatic rings. The molecule has 0 aromatic rings. The van der Waals surface area contributed by atoms with Crippen molar-refractivity contribution in [1.82, 2.24) is 0 Å². The van der Waals surface area contributed by atoms with Crippen LogP contribution in [0.25, 0.3) is 0 Å². The summed E-state index contributed by atoms with van der Waals surface area (Å²) in [5.41, 5.74) is -1.45. The highest BCUT2D eigenvalue weighted by molar-refractivity contribution is 6.23. The van der Waals surface area contributed by atoms with E-state index in [1.165, 1.54) is 7.11 Å². The highest BCUT2D eigenvalue weighted by atomic mass is 35.5. The lowest BCUT2D eigenvalue weighted by atomic mass is 9.84. The summed E-state index contributed by atoms with van der Waals surface area (Å²) in [5, 5.41) is 9.30. The summed E-state index contributed by atoms with van der Waals surface area (Å²) in [7, 11) is 1.26. The fraction of sp³-hybridized carbons (Fsp3) is 0.875. The van der Waals surface area contributed by atoms with E-state index in [9.17, 15) is 9.90 Å². The van der Waals surface area contributed by atoms with Crippen LogP contribution in [0.15, 0.2) is 0 Å². The van der Waals surface area contributed by atoms with Crippen molar-refractivity contribution in [2.45, 2.75) is 36.7 Å². The monoisotopic (exact) mass is 192 g/mol. The van der Waals surface area contributed by atoms with Crippen molar-refractivity contribution < 1.29 is 14.6 Å². The Morgan fingerprint density at radius 3 is 2.83 bits per heavy atom. The van der Waals surface area contributed by atoms with Gasteiger partial charge in [0.25, 0.3) is 0 Å². The molecule has 4 heteroatoms. The number of carbonyl (C=O) groups is 1. The minimum Gasteiger partial charge on any atom is -0.467 e. The molecule has 0 heterocycles. The average molecular weight is 193 g/mol. The molecule has 2 atom stereocenters. The predicted octanol–water partition coefficient (Wildman–Crippen LogP) is 1.07. The van der Waals surface area contributed by atoms with Gasteiger partial charge in [-0.05, 0) is 19.3 Å². The van der Waals surface area contributed by atoms with Gasteiger partial charge < -0.3 is 9.84 Å². The summed E-state index contributed by atoms with van der Waals surface area (Å²) in [6.45, 7) is 0. The van der Waals surface area contributed by atoms with E-state index in [2.05, 4.69) is 4.74 Å². The van der Waals surface area contributed by atoms with Gasteiger partial charge in [-0.25, -0.2) is 4.79 Å². The average Bonchev–Trinajstić information content (AvgIpc) is 2.09. The minimum atomic E-state index is -1.45. The summed E-state index contributed by atoms with van der Waals surface area (Å²) >= 11 is 5.85. The maximum atomic E-state index is 11.1. The molecule has 0 saturated heterocycles. The van der Waals surface area contributed by atoms with Crippen molar-refractivity contribution in [3.05, 3.63) is 0 Å². The second-order valence-corrected chi connectivity index (χ2v) is 3.66. The second-order valence-electron chi connectivity index (χ2n) is 3.13. The fourth-order valence-electron chi connectivity index (χ4n) is 1.52. The lowest BCUT2D eigenvalue weighted by molar-refractivity contribution is -0.165. The van der Waals surface area contributed by atoms with Crippen LogP contribution in [0.2, 0.25) is 0 Å². The summed E-state index contributed by atoms with van der Waals surface area (Å²) in [5.74, 6) is -0.609. The topological polar surface area (TPSA) is 46.5 Å². The highest BCUT2D eigenvalue weighted by Gasteiger charge is 2.45. The number of carbonyl (C=O) groups excluding carboxylic acids is 1. The standard InChI is InChI=1S/C8H13ClO3/c1-12-7(10)8(11)5-3-2-4-6(8)9/h6,11H,2-5H2,1H3/t6-,8-/m0/s1. The van der Waals surface area contributed by atoms with Crippen molar-refractivity contribution in [3.63, 3.8) is 0 Å². The van der Waals surface area contributed by atoms with Gasteiger partial charge in [-0.15, -0.1) is 11.6 Å². The third kappa shape index (κ3) is 1.57. The molecular weight excluding hydrogens is 180 g/mol. The third-order valence-electron chi connectivity index (χ3n) is 2.32. The van der Waals surface area contributed by atoms with Crippen molar-refractivity contribution in [2.75, 3.05) is 7.11 Å². The molecule has 1 fully saturated rings. The number of ether oxygens (including phenoxy) is 1. The van der Waals surface area contributed by atoms with E-state index < -0.39 is 16.9 Å². The maximum Gasteiger partial charge on any atom is 0.339 e.